The van der Waals surface area contributed by atoms with Gasteiger partial charge in [0, 0.05) is 37.5 Å². The van der Waals surface area contributed by atoms with E-state index in [0.29, 0.717) is 31.2 Å². The second-order valence-corrected chi connectivity index (χ2v) is 6.54. The van der Waals surface area contributed by atoms with Gasteiger partial charge in [0.1, 0.15) is 5.75 Å². The number of aryl methyl sites for hydroxylation is 1. The van der Waals surface area contributed by atoms with Crippen LogP contribution >= 0.6 is 0 Å². The molecule has 0 aliphatic carbocycles. The van der Waals surface area contributed by atoms with E-state index in [2.05, 4.69) is 15.1 Å². The van der Waals surface area contributed by atoms with Gasteiger partial charge >= 0.3 is 0 Å². The summed E-state index contributed by atoms with van der Waals surface area (Å²) in [6.07, 6.45) is 4.59. The van der Waals surface area contributed by atoms with Crippen LogP contribution in [0, 0.1) is 0 Å². The molecule has 1 fully saturated rings. The molecule has 27 heavy (non-hydrogen) atoms. The van der Waals surface area contributed by atoms with Crippen molar-refractivity contribution in [1.29, 1.82) is 0 Å². The van der Waals surface area contributed by atoms with Crippen LogP contribution in [-0.2, 0) is 11.2 Å². The first-order chi connectivity index (χ1) is 13.2. The number of amides is 1. The van der Waals surface area contributed by atoms with Crippen molar-refractivity contribution in [2.75, 3.05) is 20.2 Å². The fraction of sp³-hybridized carbons (Fsp3) is 0.300. The third-order valence-corrected chi connectivity index (χ3v) is 4.75. The second kappa shape index (κ2) is 7.57. The van der Waals surface area contributed by atoms with Crippen molar-refractivity contribution in [3.05, 3.63) is 60.2 Å². The van der Waals surface area contributed by atoms with Gasteiger partial charge in [-0.1, -0.05) is 17.3 Å². The average molecular weight is 364 g/mol. The zero-order valence-electron chi connectivity index (χ0n) is 15.0. The predicted octanol–water partition coefficient (Wildman–Crippen LogP) is 2.70. The van der Waals surface area contributed by atoms with Crippen molar-refractivity contribution in [2.45, 2.75) is 18.8 Å². The molecule has 0 saturated carbocycles. The highest BCUT2D eigenvalue weighted by atomic mass is 16.5. The maximum Gasteiger partial charge on any atom is 0.233 e. The Hall–Kier alpha value is -3.22. The number of hydrogen-bond acceptors (Lipinski definition) is 6. The lowest BCUT2D eigenvalue weighted by Gasteiger charge is -2.37. The number of ether oxygens (including phenoxy) is 1. The molecule has 1 aliphatic heterocycles. The zero-order valence-corrected chi connectivity index (χ0v) is 15.0. The van der Waals surface area contributed by atoms with Gasteiger partial charge in [-0.25, -0.2) is 0 Å². The fourth-order valence-electron chi connectivity index (χ4n) is 3.06. The summed E-state index contributed by atoms with van der Waals surface area (Å²) in [6, 6.07) is 11.5. The minimum atomic E-state index is 0.109. The number of hydrogen-bond donors (Lipinski definition) is 0. The van der Waals surface area contributed by atoms with Gasteiger partial charge in [-0.2, -0.15) is 4.98 Å². The minimum Gasteiger partial charge on any atom is -0.497 e. The Morgan fingerprint density at radius 1 is 1.19 bits per heavy atom. The first-order valence-electron chi connectivity index (χ1n) is 8.87. The summed E-state index contributed by atoms with van der Waals surface area (Å²) in [5, 5.41) is 4.02. The molecule has 138 valence electrons. The van der Waals surface area contributed by atoms with Crippen LogP contribution in [0.25, 0.3) is 11.4 Å². The van der Waals surface area contributed by atoms with Crippen molar-refractivity contribution in [3.63, 3.8) is 0 Å². The van der Waals surface area contributed by atoms with E-state index in [9.17, 15) is 4.79 Å². The molecule has 0 unspecified atom stereocenters. The summed E-state index contributed by atoms with van der Waals surface area (Å²) in [5.74, 6) is 2.22. The molecule has 1 aromatic carbocycles. The van der Waals surface area contributed by atoms with E-state index in [1.807, 2.05) is 41.3 Å². The molecular weight excluding hydrogens is 344 g/mol. The van der Waals surface area contributed by atoms with Crippen LogP contribution in [0.1, 0.15) is 23.8 Å². The van der Waals surface area contributed by atoms with Gasteiger partial charge in [0.2, 0.25) is 17.6 Å². The topological polar surface area (TPSA) is 81.4 Å². The molecule has 7 nitrogen and oxygen atoms in total. The highest BCUT2D eigenvalue weighted by Crippen LogP contribution is 2.28. The van der Waals surface area contributed by atoms with Crippen LogP contribution in [0.5, 0.6) is 5.75 Å². The fourth-order valence-corrected chi connectivity index (χ4v) is 3.06. The maximum atomic E-state index is 12.4. The number of aromatic nitrogens is 3. The monoisotopic (exact) mass is 364 g/mol. The van der Waals surface area contributed by atoms with Crippen LogP contribution < -0.4 is 4.74 Å². The largest absolute Gasteiger partial charge is 0.497 e. The van der Waals surface area contributed by atoms with Gasteiger partial charge in [0.15, 0.2) is 0 Å². The minimum absolute atomic E-state index is 0.109. The summed E-state index contributed by atoms with van der Waals surface area (Å²) in [5.41, 5.74) is 1.99. The van der Waals surface area contributed by atoms with E-state index in [-0.39, 0.29) is 11.8 Å². The third-order valence-electron chi connectivity index (χ3n) is 4.75. The predicted molar refractivity (Wildman–Crippen MR) is 98.2 cm³/mol. The van der Waals surface area contributed by atoms with Gasteiger partial charge in [-0.05, 0) is 36.2 Å². The van der Waals surface area contributed by atoms with E-state index >= 15 is 0 Å². The molecule has 0 radical (unpaired) electrons. The third kappa shape index (κ3) is 3.81. The maximum absolute atomic E-state index is 12.4. The van der Waals surface area contributed by atoms with Crippen molar-refractivity contribution in [3.8, 4) is 17.1 Å². The lowest BCUT2D eigenvalue weighted by atomic mass is 9.99. The molecule has 0 N–H and O–H groups in total. The Labute approximate surface area is 157 Å². The lowest BCUT2D eigenvalue weighted by Crippen LogP contribution is -2.48. The van der Waals surface area contributed by atoms with E-state index in [0.717, 1.165) is 23.3 Å². The summed E-state index contributed by atoms with van der Waals surface area (Å²) >= 11 is 0. The molecule has 3 heterocycles. The van der Waals surface area contributed by atoms with Gasteiger partial charge in [-0.15, -0.1) is 0 Å². The summed E-state index contributed by atoms with van der Waals surface area (Å²) < 4.78 is 10.5. The molecule has 0 bridgehead atoms. The smallest absolute Gasteiger partial charge is 0.233 e. The quantitative estimate of drug-likeness (QED) is 0.669. The van der Waals surface area contributed by atoms with Crippen molar-refractivity contribution < 1.29 is 14.1 Å². The van der Waals surface area contributed by atoms with Gasteiger partial charge in [-0.3, -0.25) is 9.78 Å². The SMILES string of the molecule is COc1ccc(CCC(=O)N2CC(c3nc(-c4ccncc4)no3)C2)cc1. The highest BCUT2D eigenvalue weighted by Gasteiger charge is 2.35. The van der Waals surface area contributed by atoms with Crippen molar-refractivity contribution in [2.24, 2.45) is 0 Å². The Morgan fingerprint density at radius 2 is 1.93 bits per heavy atom. The molecule has 1 aliphatic rings. The normalized spacial score (nSPS) is 14.0. The van der Waals surface area contributed by atoms with Crippen molar-refractivity contribution >= 4 is 5.91 Å². The van der Waals surface area contributed by atoms with Crippen LogP contribution in [0.4, 0.5) is 0 Å². The number of pyridine rings is 1. The Kier molecular flexibility index (Phi) is 4.82. The number of nitrogens with zero attached hydrogens (tertiary/aromatic N) is 4. The second-order valence-electron chi connectivity index (χ2n) is 6.54. The zero-order chi connectivity index (χ0) is 18.6. The van der Waals surface area contributed by atoms with Gasteiger partial charge in [0.05, 0.1) is 13.0 Å². The highest BCUT2D eigenvalue weighted by molar-refractivity contribution is 5.77. The molecule has 2 aromatic heterocycles. The van der Waals surface area contributed by atoms with Crippen LogP contribution in [-0.4, -0.2) is 46.1 Å². The van der Waals surface area contributed by atoms with Gasteiger partial charge < -0.3 is 14.2 Å². The van der Waals surface area contributed by atoms with E-state index in [1.165, 1.54) is 0 Å². The van der Waals surface area contributed by atoms with E-state index in [4.69, 9.17) is 9.26 Å². The molecule has 0 atom stereocenters. The van der Waals surface area contributed by atoms with Gasteiger partial charge in [0.25, 0.3) is 0 Å². The number of benzene rings is 1. The number of carbonyl (C=O) groups excluding carboxylic acids is 1. The molecule has 3 aromatic rings. The van der Waals surface area contributed by atoms with Crippen LogP contribution in [0.15, 0.2) is 53.3 Å². The molecule has 0 spiro atoms. The number of likely N-dealkylation sites (tertiary alicyclic amines) is 1. The molecule has 1 saturated heterocycles. The van der Waals surface area contributed by atoms with Crippen LogP contribution in [0.2, 0.25) is 0 Å². The summed E-state index contributed by atoms with van der Waals surface area (Å²) in [4.78, 5) is 22.6. The average Bonchev–Trinajstić information content (AvgIpc) is 3.16. The van der Waals surface area contributed by atoms with E-state index in [1.54, 1.807) is 19.5 Å². The molecule has 7 heteroatoms. The lowest BCUT2D eigenvalue weighted by molar-refractivity contribution is -0.135. The Balaban J connectivity index is 1.27. The Morgan fingerprint density at radius 3 is 2.63 bits per heavy atom. The number of carbonyl (C=O) groups is 1. The first-order valence-corrected chi connectivity index (χ1v) is 8.87. The summed E-state index contributed by atoms with van der Waals surface area (Å²) in [6.45, 7) is 1.25. The standard InChI is InChI=1S/C20H20N4O3/c1-26-17-5-2-14(3-6-17)4-7-18(25)24-12-16(13-24)20-22-19(23-27-20)15-8-10-21-11-9-15/h2-3,5-6,8-11,16H,4,7,12-13H2,1H3. The Bertz CT molecular complexity index is 902. The van der Waals surface area contributed by atoms with E-state index < -0.39 is 0 Å². The molecule has 4 rings (SSSR count). The molecular formula is C20H20N4O3. The first kappa shape index (κ1) is 17.2. The number of methoxy groups -OCH3 is 1. The summed E-state index contributed by atoms with van der Waals surface area (Å²) in [7, 11) is 1.64. The van der Waals surface area contributed by atoms with Crippen molar-refractivity contribution in [1.82, 2.24) is 20.0 Å². The van der Waals surface area contributed by atoms with Crippen LogP contribution in [0.3, 0.4) is 0 Å². The number of rotatable bonds is 6. The molecule has 1 amide bonds.